The van der Waals surface area contributed by atoms with Crippen molar-refractivity contribution in [2.24, 2.45) is 12.5 Å². The van der Waals surface area contributed by atoms with Gasteiger partial charge in [-0.05, 0) is 30.4 Å². The molecule has 1 atom stereocenters. The van der Waals surface area contributed by atoms with Crippen LogP contribution in [0.25, 0.3) is 11.2 Å². The lowest BCUT2D eigenvalue weighted by Gasteiger charge is -2.32. The molecule has 0 saturated carbocycles. The van der Waals surface area contributed by atoms with Gasteiger partial charge in [0.2, 0.25) is 0 Å². The second-order valence-electron chi connectivity index (χ2n) is 9.04. The van der Waals surface area contributed by atoms with E-state index in [-0.39, 0.29) is 22.9 Å². The van der Waals surface area contributed by atoms with Crippen molar-refractivity contribution >= 4 is 17.1 Å². The number of fused-ring (bicyclic) bond motifs is 1. The zero-order chi connectivity index (χ0) is 20.8. The standard InChI is InChI=1S/C21H27N5O3/c1-21(2,3)13-26-17-8-7-15(22-18(17)24(4)20(26)28)14-6-5-10-25(12-14)19(27)16-9-11-29-23-16/h7-9,11,14H,5-6,10,12-13H2,1-4H3. The molecule has 1 unspecified atom stereocenters. The number of likely N-dealkylation sites (tertiary alicyclic amines) is 1. The van der Waals surface area contributed by atoms with Gasteiger partial charge in [-0.15, -0.1) is 0 Å². The van der Waals surface area contributed by atoms with Crippen LogP contribution >= 0.6 is 0 Å². The van der Waals surface area contributed by atoms with Crippen LogP contribution in [-0.2, 0) is 13.6 Å². The third-order valence-electron chi connectivity index (χ3n) is 5.42. The minimum Gasteiger partial charge on any atom is -0.364 e. The van der Waals surface area contributed by atoms with Gasteiger partial charge in [-0.2, -0.15) is 0 Å². The summed E-state index contributed by atoms with van der Waals surface area (Å²) < 4.78 is 8.22. The van der Waals surface area contributed by atoms with Gasteiger partial charge in [-0.25, -0.2) is 9.78 Å². The summed E-state index contributed by atoms with van der Waals surface area (Å²) in [6.07, 6.45) is 3.27. The quantitative estimate of drug-likeness (QED) is 0.678. The highest BCUT2D eigenvalue weighted by molar-refractivity contribution is 5.92. The minimum absolute atomic E-state index is 0.0118. The van der Waals surface area contributed by atoms with Crippen molar-refractivity contribution < 1.29 is 9.32 Å². The smallest absolute Gasteiger partial charge is 0.330 e. The van der Waals surface area contributed by atoms with Gasteiger partial charge >= 0.3 is 5.69 Å². The number of aryl methyl sites for hydroxylation is 1. The topological polar surface area (TPSA) is 86.2 Å². The Kier molecular flexibility index (Phi) is 4.80. The van der Waals surface area contributed by atoms with Crippen molar-refractivity contribution in [3.63, 3.8) is 0 Å². The molecule has 3 aromatic heterocycles. The summed E-state index contributed by atoms with van der Waals surface area (Å²) in [7, 11) is 1.77. The highest BCUT2D eigenvalue weighted by Gasteiger charge is 2.28. The number of pyridine rings is 1. The number of imidazole rings is 1. The van der Waals surface area contributed by atoms with E-state index in [4.69, 9.17) is 9.51 Å². The monoisotopic (exact) mass is 397 g/mol. The highest BCUT2D eigenvalue weighted by Crippen LogP contribution is 2.28. The maximum Gasteiger partial charge on any atom is 0.330 e. The number of carbonyl (C=O) groups is 1. The van der Waals surface area contributed by atoms with E-state index in [1.165, 1.54) is 6.26 Å². The normalized spacial score (nSPS) is 17.8. The molecule has 1 fully saturated rings. The molecule has 8 nitrogen and oxygen atoms in total. The Balaban J connectivity index is 1.63. The molecule has 1 amide bonds. The summed E-state index contributed by atoms with van der Waals surface area (Å²) in [4.78, 5) is 32.0. The molecule has 3 aromatic rings. The molecule has 0 N–H and O–H groups in total. The average molecular weight is 397 g/mol. The van der Waals surface area contributed by atoms with Gasteiger partial charge in [-0.1, -0.05) is 25.9 Å². The maximum absolute atomic E-state index is 12.7. The van der Waals surface area contributed by atoms with E-state index in [1.54, 1.807) is 22.2 Å². The molecule has 154 valence electrons. The molecule has 4 rings (SSSR count). The summed E-state index contributed by atoms with van der Waals surface area (Å²) in [5.74, 6) is 0.0123. The van der Waals surface area contributed by atoms with Crippen molar-refractivity contribution in [1.29, 1.82) is 0 Å². The van der Waals surface area contributed by atoms with E-state index in [2.05, 4.69) is 25.9 Å². The third kappa shape index (κ3) is 3.71. The molecule has 0 spiro atoms. The first-order chi connectivity index (χ1) is 13.7. The number of hydrogen-bond acceptors (Lipinski definition) is 5. The van der Waals surface area contributed by atoms with E-state index in [9.17, 15) is 9.59 Å². The van der Waals surface area contributed by atoms with Crippen molar-refractivity contribution in [3.8, 4) is 0 Å². The fourth-order valence-corrected chi connectivity index (χ4v) is 4.03. The van der Waals surface area contributed by atoms with E-state index < -0.39 is 0 Å². The van der Waals surface area contributed by atoms with Gasteiger partial charge in [0.05, 0.1) is 5.52 Å². The fraction of sp³-hybridized carbons (Fsp3) is 0.524. The van der Waals surface area contributed by atoms with Crippen LogP contribution in [0.5, 0.6) is 0 Å². The molecule has 1 aliphatic rings. The molecule has 4 heterocycles. The summed E-state index contributed by atoms with van der Waals surface area (Å²) in [6, 6.07) is 5.57. The van der Waals surface area contributed by atoms with Crippen LogP contribution < -0.4 is 5.69 Å². The summed E-state index contributed by atoms with van der Waals surface area (Å²) in [5, 5.41) is 3.76. The number of amides is 1. The molecule has 1 saturated heterocycles. The van der Waals surface area contributed by atoms with Gasteiger partial charge in [0.15, 0.2) is 11.3 Å². The molecule has 0 bridgehead atoms. The van der Waals surface area contributed by atoms with E-state index in [0.717, 1.165) is 24.1 Å². The average Bonchev–Trinajstić information content (AvgIpc) is 3.30. The van der Waals surface area contributed by atoms with Crippen LogP contribution in [0.3, 0.4) is 0 Å². The van der Waals surface area contributed by atoms with E-state index in [1.807, 2.05) is 17.0 Å². The second-order valence-corrected chi connectivity index (χ2v) is 9.04. The Morgan fingerprint density at radius 1 is 1.28 bits per heavy atom. The maximum atomic E-state index is 12.7. The molecule has 1 aliphatic heterocycles. The van der Waals surface area contributed by atoms with Gasteiger partial charge in [-0.3, -0.25) is 13.9 Å². The SMILES string of the molecule is Cn1c(=O)n(CC(C)(C)C)c2ccc(C3CCCN(C(=O)c4ccon4)C3)nc21. The van der Waals surface area contributed by atoms with Crippen molar-refractivity contribution in [3.05, 3.63) is 46.3 Å². The summed E-state index contributed by atoms with van der Waals surface area (Å²) in [5.41, 5.74) is 2.72. The van der Waals surface area contributed by atoms with Crippen LogP contribution in [0.4, 0.5) is 0 Å². The number of aromatic nitrogens is 4. The zero-order valence-corrected chi connectivity index (χ0v) is 17.4. The number of rotatable bonds is 3. The van der Waals surface area contributed by atoms with Gasteiger partial charge in [0.1, 0.15) is 6.26 Å². The molecule has 29 heavy (non-hydrogen) atoms. The van der Waals surface area contributed by atoms with Crippen LogP contribution in [0.1, 0.15) is 55.7 Å². The zero-order valence-electron chi connectivity index (χ0n) is 17.4. The Labute approximate surface area is 169 Å². The fourth-order valence-electron chi connectivity index (χ4n) is 4.03. The van der Waals surface area contributed by atoms with E-state index in [0.29, 0.717) is 31.0 Å². The number of nitrogens with zero attached hydrogens (tertiary/aromatic N) is 5. The lowest BCUT2D eigenvalue weighted by molar-refractivity contribution is 0.0695. The minimum atomic E-state index is -0.117. The second kappa shape index (κ2) is 7.17. The molecule has 0 radical (unpaired) electrons. The highest BCUT2D eigenvalue weighted by atomic mass is 16.5. The van der Waals surface area contributed by atoms with Crippen LogP contribution in [0.2, 0.25) is 0 Å². The van der Waals surface area contributed by atoms with Crippen LogP contribution in [0.15, 0.2) is 33.8 Å². The lowest BCUT2D eigenvalue weighted by Crippen LogP contribution is -2.39. The van der Waals surface area contributed by atoms with Crippen molar-refractivity contribution in [2.75, 3.05) is 13.1 Å². The molecule has 0 aromatic carbocycles. The van der Waals surface area contributed by atoms with Crippen molar-refractivity contribution in [1.82, 2.24) is 24.2 Å². The van der Waals surface area contributed by atoms with Gasteiger partial charge in [0, 0.05) is 44.4 Å². The predicted octanol–water partition coefficient (Wildman–Crippen LogP) is 2.79. The predicted molar refractivity (Wildman–Crippen MR) is 109 cm³/mol. The Morgan fingerprint density at radius 2 is 2.07 bits per heavy atom. The Hall–Kier alpha value is -2.90. The summed E-state index contributed by atoms with van der Waals surface area (Å²) in [6.45, 7) is 8.26. The van der Waals surface area contributed by atoms with Gasteiger partial charge in [0.25, 0.3) is 5.91 Å². The van der Waals surface area contributed by atoms with Crippen molar-refractivity contribution in [2.45, 2.75) is 46.1 Å². The van der Waals surface area contributed by atoms with E-state index >= 15 is 0 Å². The van der Waals surface area contributed by atoms with Gasteiger partial charge < -0.3 is 9.42 Å². The lowest BCUT2D eigenvalue weighted by atomic mass is 9.94. The third-order valence-corrected chi connectivity index (χ3v) is 5.42. The molecular weight excluding hydrogens is 370 g/mol. The largest absolute Gasteiger partial charge is 0.364 e. The van der Waals surface area contributed by atoms with Crippen LogP contribution in [-0.4, -0.2) is 43.2 Å². The number of carbonyl (C=O) groups excluding carboxylic acids is 1. The Bertz CT molecular complexity index is 1090. The number of piperidine rings is 1. The molecule has 8 heteroatoms. The Morgan fingerprint density at radius 3 is 2.76 bits per heavy atom. The molecular formula is C21H27N5O3. The first kappa shape index (κ1) is 19.4. The summed E-state index contributed by atoms with van der Waals surface area (Å²) >= 11 is 0. The first-order valence-electron chi connectivity index (χ1n) is 10.0. The first-order valence-corrected chi connectivity index (χ1v) is 10.0. The number of hydrogen-bond donors (Lipinski definition) is 0. The molecule has 0 aliphatic carbocycles. The van der Waals surface area contributed by atoms with Crippen LogP contribution in [0, 0.1) is 5.41 Å².